The third kappa shape index (κ3) is 6.39. The number of rotatable bonds is 7. The molecule has 1 aliphatic heterocycles. The van der Waals surface area contributed by atoms with E-state index in [0.29, 0.717) is 12.3 Å². The zero-order valence-corrected chi connectivity index (χ0v) is 18.8. The van der Waals surface area contributed by atoms with Gasteiger partial charge < -0.3 is 15.5 Å². The van der Waals surface area contributed by atoms with E-state index in [1.54, 1.807) is 7.05 Å². The van der Waals surface area contributed by atoms with Gasteiger partial charge in [-0.15, -0.1) is 11.8 Å². The summed E-state index contributed by atoms with van der Waals surface area (Å²) < 4.78 is 0.222. The smallest absolute Gasteiger partial charge is 0.220 e. The van der Waals surface area contributed by atoms with E-state index in [1.807, 2.05) is 11.8 Å². The van der Waals surface area contributed by atoms with Crippen LogP contribution in [-0.4, -0.2) is 54.7 Å². The SMILES string of the molecule is CCNC(=NCC1(Sc2ccccc2)CCCC1)N1CCC(CC(=O)NC)CC1. The van der Waals surface area contributed by atoms with E-state index in [-0.39, 0.29) is 10.7 Å². The number of thioether (sulfide) groups is 1. The highest BCUT2D eigenvalue weighted by Gasteiger charge is 2.35. The van der Waals surface area contributed by atoms with Crippen LogP contribution in [0.25, 0.3) is 0 Å². The Morgan fingerprint density at radius 2 is 1.90 bits per heavy atom. The van der Waals surface area contributed by atoms with Gasteiger partial charge in [-0.05, 0) is 50.7 Å². The second-order valence-electron chi connectivity index (χ2n) is 8.28. The van der Waals surface area contributed by atoms with Crippen molar-refractivity contribution in [1.82, 2.24) is 15.5 Å². The molecule has 1 aromatic carbocycles. The number of benzene rings is 1. The maximum atomic E-state index is 11.7. The van der Waals surface area contributed by atoms with Crippen LogP contribution in [0.2, 0.25) is 0 Å². The standard InChI is InChI=1S/C23H36N4OS/c1-3-25-22(27-15-11-19(12-16-27)17-21(28)24-2)26-18-23(13-7-8-14-23)29-20-9-5-4-6-10-20/h4-6,9-10,19H,3,7-8,11-18H2,1-2H3,(H,24,28)(H,25,26). The largest absolute Gasteiger partial charge is 0.359 e. The predicted molar refractivity (Wildman–Crippen MR) is 122 cm³/mol. The van der Waals surface area contributed by atoms with E-state index in [0.717, 1.165) is 45.0 Å². The van der Waals surface area contributed by atoms with Crippen LogP contribution in [0.3, 0.4) is 0 Å². The van der Waals surface area contributed by atoms with Crippen molar-refractivity contribution in [2.75, 3.05) is 33.2 Å². The topological polar surface area (TPSA) is 56.7 Å². The molecule has 0 spiro atoms. The quantitative estimate of drug-likeness (QED) is 0.523. The Morgan fingerprint density at radius 1 is 1.21 bits per heavy atom. The van der Waals surface area contributed by atoms with Crippen LogP contribution >= 0.6 is 11.8 Å². The van der Waals surface area contributed by atoms with Crippen molar-refractivity contribution in [2.45, 2.75) is 61.5 Å². The summed E-state index contributed by atoms with van der Waals surface area (Å²) in [6.45, 7) is 5.85. The Balaban J connectivity index is 1.62. The number of likely N-dealkylation sites (tertiary alicyclic amines) is 1. The first kappa shape index (κ1) is 22.0. The van der Waals surface area contributed by atoms with Crippen molar-refractivity contribution in [3.05, 3.63) is 30.3 Å². The first-order valence-electron chi connectivity index (χ1n) is 11.1. The third-order valence-corrected chi connectivity index (χ3v) is 7.59. The molecule has 2 N–H and O–H groups in total. The van der Waals surface area contributed by atoms with Crippen LogP contribution in [0, 0.1) is 5.92 Å². The van der Waals surface area contributed by atoms with E-state index in [1.165, 1.54) is 30.6 Å². The summed E-state index contributed by atoms with van der Waals surface area (Å²) in [4.78, 5) is 20.5. The van der Waals surface area contributed by atoms with E-state index in [9.17, 15) is 4.79 Å². The van der Waals surface area contributed by atoms with Gasteiger partial charge in [-0.3, -0.25) is 9.79 Å². The molecule has 3 rings (SSSR count). The van der Waals surface area contributed by atoms with Crippen LogP contribution in [0.5, 0.6) is 0 Å². The van der Waals surface area contributed by atoms with Gasteiger partial charge in [-0.2, -0.15) is 0 Å². The number of carbonyl (C=O) groups excluding carboxylic acids is 1. The van der Waals surface area contributed by atoms with Crippen molar-refractivity contribution in [3.63, 3.8) is 0 Å². The molecule has 160 valence electrons. The van der Waals surface area contributed by atoms with Gasteiger partial charge in [0.25, 0.3) is 0 Å². The Kier molecular flexibility index (Phi) is 8.28. The number of carbonyl (C=O) groups is 1. The molecule has 0 bridgehead atoms. The maximum Gasteiger partial charge on any atom is 0.220 e. The fourth-order valence-electron chi connectivity index (χ4n) is 4.41. The van der Waals surface area contributed by atoms with Crippen molar-refractivity contribution in [1.29, 1.82) is 0 Å². The fraction of sp³-hybridized carbons (Fsp3) is 0.652. The van der Waals surface area contributed by atoms with Gasteiger partial charge in [-0.25, -0.2) is 0 Å². The highest BCUT2D eigenvalue weighted by atomic mass is 32.2. The molecule has 0 radical (unpaired) electrons. The summed E-state index contributed by atoms with van der Waals surface area (Å²) in [5, 5.41) is 6.26. The van der Waals surface area contributed by atoms with E-state index < -0.39 is 0 Å². The van der Waals surface area contributed by atoms with Gasteiger partial charge in [0.15, 0.2) is 5.96 Å². The molecule has 0 atom stereocenters. The summed E-state index contributed by atoms with van der Waals surface area (Å²) in [5.41, 5.74) is 0. The first-order valence-corrected chi connectivity index (χ1v) is 11.9. The molecule has 2 fully saturated rings. The highest BCUT2D eigenvalue weighted by Crippen LogP contribution is 2.45. The number of nitrogens with one attached hydrogen (secondary N) is 2. The highest BCUT2D eigenvalue weighted by molar-refractivity contribution is 8.00. The minimum Gasteiger partial charge on any atom is -0.359 e. The number of hydrogen-bond donors (Lipinski definition) is 2. The van der Waals surface area contributed by atoms with Crippen LogP contribution in [0.15, 0.2) is 40.2 Å². The molecular weight excluding hydrogens is 380 g/mol. The van der Waals surface area contributed by atoms with Crippen molar-refractivity contribution in [2.24, 2.45) is 10.9 Å². The molecule has 2 aliphatic rings. The lowest BCUT2D eigenvalue weighted by molar-refractivity contribution is -0.121. The molecule has 29 heavy (non-hydrogen) atoms. The molecule has 6 heteroatoms. The number of piperidine rings is 1. The lowest BCUT2D eigenvalue weighted by Gasteiger charge is -2.35. The first-order chi connectivity index (χ1) is 14.1. The van der Waals surface area contributed by atoms with Gasteiger partial charge in [-0.1, -0.05) is 31.0 Å². The summed E-state index contributed by atoms with van der Waals surface area (Å²) in [5.74, 6) is 1.69. The molecule has 5 nitrogen and oxygen atoms in total. The lowest BCUT2D eigenvalue weighted by atomic mass is 9.93. The Morgan fingerprint density at radius 3 is 2.52 bits per heavy atom. The van der Waals surface area contributed by atoms with Crippen LogP contribution in [0.1, 0.15) is 51.9 Å². The number of nitrogens with zero attached hydrogens (tertiary/aromatic N) is 2. The van der Waals surface area contributed by atoms with E-state index >= 15 is 0 Å². The fourth-order valence-corrected chi connectivity index (χ4v) is 5.82. The Labute approximate surface area is 180 Å². The summed E-state index contributed by atoms with van der Waals surface area (Å²) in [6.07, 6.45) is 7.85. The van der Waals surface area contributed by atoms with E-state index in [4.69, 9.17) is 4.99 Å². The van der Waals surface area contributed by atoms with Crippen molar-refractivity contribution in [3.8, 4) is 0 Å². The number of hydrogen-bond acceptors (Lipinski definition) is 3. The Hall–Kier alpha value is -1.69. The third-order valence-electron chi connectivity index (χ3n) is 6.11. The Bertz CT molecular complexity index is 665. The van der Waals surface area contributed by atoms with Crippen LogP contribution in [0.4, 0.5) is 0 Å². The number of amides is 1. The summed E-state index contributed by atoms with van der Waals surface area (Å²) in [6, 6.07) is 10.8. The summed E-state index contributed by atoms with van der Waals surface area (Å²) in [7, 11) is 1.72. The zero-order chi connectivity index (χ0) is 20.5. The van der Waals surface area contributed by atoms with Gasteiger partial charge in [0.2, 0.25) is 5.91 Å². The minimum absolute atomic E-state index is 0.158. The van der Waals surface area contributed by atoms with E-state index in [2.05, 4.69) is 52.8 Å². The van der Waals surface area contributed by atoms with Crippen LogP contribution in [-0.2, 0) is 4.79 Å². The monoisotopic (exact) mass is 416 g/mol. The number of aliphatic imine (C=N–C) groups is 1. The number of guanidine groups is 1. The molecule has 0 unspecified atom stereocenters. The second-order valence-corrected chi connectivity index (χ2v) is 9.82. The molecule has 1 aliphatic carbocycles. The molecule has 0 aromatic heterocycles. The average molecular weight is 417 g/mol. The molecule has 1 aromatic rings. The second kappa shape index (κ2) is 10.9. The maximum absolute atomic E-state index is 11.7. The lowest BCUT2D eigenvalue weighted by Crippen LogP contribution is -2.46. The minimum atomic E-state index is 0.158. The normalized spacial score (nSPS) is 19.9. The molecule has 1 saturated carbocycles. The molecule has 1 heterocycles. The molecule has 1 amide bonds. The zero-order valence-electron chi connectivity index (χ0n) is 18.0. The molecular formula is C23H36N4OS. The van der Waals surface area contributed by atoms with Gasteiger partial charge in [0, 0.05) is 42.7 Å². The van der Waals surface area contributed by atoms with Crippen molar-refractivity contribution < 1.29 is 4.79 Å². The van der Waals surface area contributed by atoms with Crippen LogP contribution < -0.4 is 10.6 Å². The van der Waals surface area contributed by atoms with Gasteiger partial charge in [0.05, 0.1) is 6.54 Å². The van der Waals surface area contributed by atoms with Crippen molar-refractivity contribution >= 4 is 23.6 Å². The average Bonchev–Trinajstić information content (AvgIpc) is 3.21. The predicted octanol–water partition coefficient (Wildman–Crippen LogP) is 3.91. The summed E-state index contributed by atoms with van der Waals surface area (Å²) >= 11 is 2.02. The van der Waals surface area contributed by atoms with Gasteiger partial charge >= 0.3 is 0 Å². The van der Waals surface area contributed by atoms with Gasteiger partial charge in [0.1, 0.15) is 0 Å². The molecule has 1 saturated heterocycles.